The normalized spacial score (nSPS) is 14.7. The first-order valence-electron chi connectivity index (χ1n) is 10.2. The Morgan fingerprint density at radius 3 is 2.43 bits per heavy atom. The van der Waals surface area contributed by atoms with E-state index < -0.39 is 0 Å². The van der Waals surface area contributed by atoms with Crippen LogP contribution in [-0.2, 0) is 18.4 Å². The summed E-state index contributed by atoms with van der Waals surface area (Å²) in [6.07, 6.45) is 3.90. The van der Waals surface area contributed by atoms with E-state index in [0.717, 1.165) is 36.0 Å². The maximum atomic E-state index is 12.5. The van der Waals surface area contributed by atoms with Crippen LogP contribution in [0, 0.1) is 13.8 Å². The molecule has 10 heteroatoms. The summed E-state index contributed by atoms with van der Waals surface area (Å²) in [6.45, 7) is 8.09. The fourth-order valence-electron chi connectivity index (χ4n) is 3.52. The van der Waals surface area contributed by atoms with Gasteiger partial charge in [-0.3, -0.25) is 14.5 Å². The summed E-state index contributed by atoms with van der Waals surface area (Å²) in [5.74, 6) is 1.54. The highest BCUT2D eigenvalue weighted by Crippen LogP contribution is 2.11. The maximum absolute atomic E-state index is 12.5. The van der Waals surface area contributed by atoms with Crippen molar-refractivity contribution in [1.29, 1.82) is 0 Å². The number of rotatable bonds is 6. The summed E-state index contributed by atoms with van der Waals surface area (Å²) in [5, 5.41) is 11.0. The Morgan fingerprint density at radius 1 is 1.13 bits per heavy atom. The molecule has 0 unspecified atom stereocenters. The van der Waals surface area contributed by atoms with Crippen molar-refractivity contribution in [3.8, 4) is 0 Å². The third kappa shape index (κ3) is 5.25. The van der Waals surface area contributed by atoms with Crippen molar-refractivity contribution in [3.63, 3.8) is 0 Å². The van der Waals surface area contributed by atoms with Crippen molar-refractivity contribution in [2.24, 2.45) is 12.0 Å². The van der Waals surface area contributed by atoms with E-state index >= 15 is 0 Å². The van der Waals surface area contributed by atoms with E-state index in [0.29, 0.717) is 38.6 Å². The minimum Gasteiger partial charge on any atom is -0.356 e. The summed E-state index contributed by atoms with van der Waals surface area (Å²) in [7, 11) is 3.67. The van der Waals surface area contributed by atoms with E-state index in [1.807, 2.05) is 23.6 Å². The number of nitrogens with one attached hydrogen (secondary N) is 2. The Hall–Kier alpha value is -3.17. The summed E-state index contributed by atoms with van der Waals surface area (Å²) >= 11 is 0. The van der Waals surface area contributed by atoms with Crippen LogP contribution in [-0.4, -0.2) is 76.3 Å². The molecule has 0 bridgehead atoms. The Balaban J connectivity index is 1.39. The van der Waals surface area contributed by atoms with Gasteiger partial charge in [0.2, 0.25) is 11.9 Å². The number of anilines is 1. The Bertz CT molecular complexity index is 870. The lowest BCUT2D eigenvalue weighted by Gasteiger charge is -2.34. The number of hydrogen-bond acceptors (Lipinski definition) is 6. The zero-order chi connectivity index (χ0) is 21.5. The maximum Gasteiger partial charge on any atom is 0.225 e. The van der Waals surface area contributed by atoms with Crippen LogP contribution < -0.4 is 15.5 Å². The first-order valence-corrected chi connectivity index (χ1v) is 10.2. The van der Waals surface area contributed by atoms with Crippen LogP contribution in [0.2, 0.25) is 0 Å². The summed E-state index contributed by atoms with van der Waals surface area (Å²) < 4.78 is 1.88. The summed E-state index contributed by atoms with van der Waals surface area (Å²) in [5.41, 5.74) is 3.30. The smallest absolute Gasteiger partial charge is 0.225 e. The molecule has 30 heavy (non-hydrogen) atoms. The van der Waals surface area contributed by atoms with Crippen LogP contribution in [0.5, 0.6) is 0 Å². The van der Waals surface area contributed by atoms with Gasteiger partial charge in [-0.25, -0.2) is 9.97 Å². The van der Waals surface area contributed by atoms with Gasteiger partial charge in [-0.15, -0.1) is 0 Å². The Morgan fingerprint density at radius 2 is 1.83 bits per heavy atom. The molecule has 1 aliphatic rings. The largest absolute Gasteiger partial charge is 0.356 e. The molecular formula is C20H31N9O. The number of carbonyl (C=O) groups is 1. The average Bonchev–Trinajstić information content (AvgIpc) is 3.02. The van der Waals surface area contributed by atoms with Gasteiger partial charge in [0.15, 0.2) is 5.96 Å². The average molecular weight is 414 g/mol. The molecule has 2 aromatic heterocycles. The zero-order valence-electron chi connectivity index (χ0n) is 18.2. The zero-order valence-corrected chi connectivity index (χ0v) is 18.2. The molecule has 1 amide bonds. The predicted molar refractivity (Wildman–Crippen MR) is 116 cm³/mol. The fraction of sp³-hybridized carbons (Fsp3) is 0.550. The molecule has 0 aliphatic carbocycles. The lowest BCUT2D eigenvalue weighted by Crippen LogP contribution is -2.50. The van der Waals surface area contributed by atoms with Crippen molar-refractivity contribution >= 4 is 17.8 Å². The highest BCUT2D eigenvalue weighted by atomic mass is 16.2. The quantitative estimate of drug-likeness (QED) is 0.516. The molecule has 2 aromatic rings. The predicted octanol–water partition coefficient (Wildman–Crippen LogP) is 0.231. The number of guanidine groups is 1. The molecule has 0 atom stereocenters. The number of hydrogen-bond donors (Lipinski definition) is 2. The Kier molecular flexibility index (Phi) is 7.21. The first kappa shape index (κ1) is 21.5. The van der Waals surface area contributed by atoms with Crippen molar-refractivity contribution in [2.75, 3.05) is 44.7 Å². The molecule has 0 saturated carbocycles. The number of nitrogens with zero attached hydrogens (tertiary/aromatic N) is 7. The van der Waals surface area contributed by atoms with Gasteiger partial charge in [-0.1, -0.05) is 0 Å². The monoisotopic (exact) mass is 413 g/mol. The van der Waals surface area contributed by atoms with Crippen LogP contribution >= 0.6 is 0 Å². The van der Waals surface area contributed by atoms with Gasteiger partial charge in [0.1, 0.15) is 0 Å². The highest BCUT2D eigenvalue weighted by Gasteiger charge is 2.22. The number of piperazine rings is 1. The molecule has 10 nitrogen and oxygen atoms in total. The second kappa shape index (κ2) is 10.0. The third-order valence-corrected chi connectivity index (χ3v) is 5.41. The van der Waals surface area contributed by atoms with Gasteiger partial charge in [0.25, 0.3) is 0 Å². The molecule has 1 fully saturated rings. The number of carbonyl (C=O) groups excluding carboxylic acids is 1. The fourth-order valence-corrected chi connectivity index (χ4v) is 3.52. The van der Waals surface area contributed by atoms with E-state index in [1.165, 1.54) is 0 Å². The molecule has 1 saturated heterocycles. The van der Waals surface area contributed by atoms with Crippen molar-refractivity contribution in [1.82, 2.24) is 35.3 Å². The van der Waals surface area contributed by atoms with E-state index in [2.05, 4.69) is 42.5 Å². The first-order chi connectivity index (χ1) is 14.5. The van der Waals surface area contributed by atoms with Crippen LogP contribution in [0.15, 0.2) is 23.5 Å². The number of aliphatic imine (C=N–C) groups is 1. The van der Waals surface area contributed by atoms with Gasteiger partial charge in [-0.05, 0) is 19.9 Å². The molecule has 3 rings (SSSR count). The van der Waals surface area contributed by atoms with Gasteiger partial charge in [0.05, 0.1) is 5.69 Å². The van der Waals surface area contributed by atoms with Crippen LogP contribution in [0.25, 0.3) is 0 Å². The minimum atomic E-state index is 0.144. The SMILES string of the molecule is CN=C(NCCC(=O)N1CCN(c2ncccn2)CC1)NCc1c(C)nn(C)c1C. The second-order valence-electron chi connectivity index (χ2n) is 7.29. The van der Waals surface area contributed by atoms with Crippen LogP contribution in [0.3, 0.4) is 0 Å². The molecule has 3 heterocycles. The highest BCUT2D eigenvalue weighted by molar-refractivity contribution is 5.81. The van der Waals surface area contributed by atoms with Gasteiger partial charge >= 0.3 is 0 Å². The lowest BCUT2D eigenvalue weighted by molar-refractivity contribution is -0.131. The lowest BCUT2D eigenvalue weighted by atomic mass is 10.2. The number of aromatic nitrogens is 4. The van der Waals surface area contributed by atoms with E-state index in [4.69, 9.17) is 0 Å². The molecule has 2 N–H and O–H groups in total. The number of aryl methyl sites for hydroxylation is 2. The van der Waals surface area contributed by atoms with Gasteiger partial charge < -0.3 is 20.4 Å². The second-order valence-corrected chi connectivity index (χ2v) is 7.29. The van der Waals surface area contributed by atoms with Gasteiger partial charge in [-0.2, -0.15) is 5.10 Å². The van der Waals surface area contributed by atoms with Gasteiger partial charge in [0, 0.05) is 83.4 Å². The van der Waals surface area contributed by atoms with Crippen molar-refractivity contribution in [2.45, 2.75) is 26.8 Å². The Labute approximate surface area is 177 Å². The number of amides is 1. The molecule has 1 aliphatic heterocycles. The van der Waals surface area contributed by atoms with Crippen molar-refractivity contribution in [3.05, 3.63) is 35.4 Å². The molecular weight excluding hydrogens is 382 g/mol. The third-order valence-electron chi connectivity index (χ3n) is 5.41. The van der Waals surface area contributed by atoms with Crippen molar-refractivity contribution < 1.29 is 4.79 Å². The van der Waals surface area contributed by atoms with E-state index in [-0.39, 0.29) is 5.91 Å². The van der Waals surface area contributed by atoms with E-state index in [1.54, 1.807) is 25.5 Å². The minimum absolute atomic E-state index is 0.144. The van der Waals surface area contributed by atoms with Crippen LogP contribution in [0.1, 0.15) is 23.4 Å². The topological polar surface area (TPSA) is 104 Å². The molecule has 0 spiro atoms. The summed E-state index contributed by atoms with van der Waals surface area (Å²) in [6, 6.07) is 1.80. The molecule has 162 valence electrons. The molecule has 0 aromatic carbocycles. The van der Waals surface area contributed by atoms with Crippen LogP contribution in [0.4, 0.5) is 5.95 Å². The van der Waals surface area contributed by atoms with E-state index in [9.17, 15) is 4.79 Å². The summed E-state index contributed by atoms with van der Waals surface area (Å²) in [4.78, 5) is 29.4. The standard InChI is InChI=1S/C20H31N9O/c1-15-17(16(2)27(4)26-15)14-25-19(21-3)22-9-6-18(30)28-10-12-29(13-11-28)20-23-7-5-8-24-20/h5,7-8H,6,9-14H2,1-4H3,(H2,21,22,25). The molecule has 0 radical (unpaired) electrons.